The van der Waals surface area contributed by atoms with Gasteiger partial charge in [0.15, 0.2) is 11.5 Å². The SMILES string of the molecule is COc1cc(C(=O)N2CC[C@@](CCN3CCC(Nc4nc5ccccc5[nH]4)CC3)(c3ccc(Cl)c(Cl)c3)C2=O)cc(OC)c1OC. The summed E-state index contributed by atoms with van der Waals surface area (Å²) >= 11 is 12.7. The van der Waals surface area contributed by atoms with Crippen LogP contribution in [0.2, 0.25) is 10.0 Å². The number of H-pyrrole nitrogens is 1. The van der Waals surface area contributed by atoms with Crippen LogP contribution in [-0.4, -0.2) is 85.1 Å². The highest BCUT2D eigenvalue weighted by atomic mass is 35.5. The Hall–Kier alpha value is -3.99. The molecule has 3 aromatic carbocycles. The molecule has 2 N–H and O–H groups in total. The van der Waals surface area contributed by atoms with Crippen LogP contribution in [0.15, 0.2) is 54.6 Å². The molecule has 3 heterocycles. The van der Waals surface area contributed by atoms with E-state index < -0.39 is 11.3 Å². The zero-order valence-electron chi connectivity index (χ0n) is 26.1. The van der Waals surface area contributed by atoms with Crippen LogP contribution in [-0.2, 0) is 10.2 Å². The molecule has 2 fully saturated rings. The Bertz CT molecular complexity index is 1700. The molecule has 2 amide bonds. The Labute approximate surface area is 277 Å². The molecule has 1 aromatic heterocycles. The Balaban J connectivity index is 1.18. The van der Waals surface area contributed by atoms with E-state index in [9.17, 15) is 9.59 Å². The van der Waals surface area contributed by atoms with Gasteiger partial charge in [0, 0.05) is 31.2 Å². The molecule has 242 valence electrons. The number of methoxy groups -OCH3 is 3. The minimum atomic E-state index is -0.937. The molecule has 12 heteroatoms. The minimum absolute atomic E-state index is 0.258. The first-order chi connectivity index (χ1) is 22.3. The minimum Gasteiger partial charge on any atom is -0.493 e. The predicted octanol–water partition coefficient (Wildman–Crippen LogP) is 6.17. The number of halogens is 2. The molecule has 6 rings (SSSR count). The standard InChI is InChI=1S/C34H37Cl2N5O5/c1-44-28-18-21(19-29(45-2)30(28)46-3)31(42)41-17-13-34(32(41)43,22-8-9-24(35)25(36)20-22)12-16-40-14-10-23(11-15-40)37-33-38-26-6-4-5-7-27(26)39-33/h4-9,18-20,23H,10-17H2,1-3H3,(H2,37,38,39)/t34-/m0/s1. The van der Waals surface area contributed by atoms with Gasteiger partial charge in [-0.15, -0.1) is 0 Å². The van der Waals surface area contributed by atoms with E-state index in [0.717, 1.165) is 48.5 Å². The lowest BCUT2D eigenvalue weighted by Crippen LogP contribution is -2.45. The number of imide groups is 1. The smallest absolute Gasteiger partial charge is 0.260 e. The maximum atomic E-state index is 14.4. The normalized spacial score (nSPS) is 19.1. The molecule has 0 unspecified atom stereocenters. The number of carbonyl (C=O) groups is 2. The topological polar surface area (TPSA) is 109 Å². The van der Waals surface area contributed by atoms with Gasteiger partial charge in [-0.05, 0) is 74.2 Å². The van der Waals surface area contributed by atoms with Crippen molar-refractivity contribution in [2.75, 3.05) is 52.8 Å². The zero-order valence-corrected chi connectivity index (χ0v) is 27.6. The van der Waals surface area contributed by atoms with Crippen molar-refractivity contribution in [3.63, 3.8) is 0 Å². The Morgan fingerprint density at radius 1 is 0.978 bits per heavy atom. The van der Waals surface area contributed by atoms with Crippen LogP contribution in [0, 0.1) is 0 Å². The molecule has 2 aliphatic heterocycles. The largest absolute Gasteiger partial charge is 0.493 e. The summed E-state index contributed by atoms with van der Waals surface area (Å²) in [7, 11) is 4.47. The van der Waals surface area contributed by atoms with Crippen molar-refractivity contribution >= 4 is 52.0 Å². The van der Waals surface area contributed by atoms with Crippen molar-refractivity contribution in [3.05, 3.63) is 75.8 Å². The average Bonchev–Trinajstić information content (AvgIpc) is 3.64. The van der Waals surface area contributed by atoms with Gasteiger partial charge in [0.05, 0.1) is 47.8 Å². The summed E-state index contributed by atoms with van der Waals surface area (Å²) in [4.78, 5) is 40.0. The highest BCUT2D eigenvalue weighted by Gasteiger charge is 2.50. The molecular formula is C34H37Cl2N5O5. The van der Waals surface area contributed by atoms with Gasteiger partial charge >= 0.3 is 0 Å². The van der Waals surface area contributed by atoms with E-state index >= 15 is 0 Å². The van der Waals surface area contributed by atoms with Gasteiger partial charge in [0.2, 0.25) is 17.6 Å². The van der Waals surface area contributed by atoms with Crippen molar-refractivity contribution in [1.29, 1.82) is 0 Å². The second-order valence-electron chi connectivity index (χ2n) is 11.7. The summed E-state index contributed by atoms with van der Waals surface area (Å²) < 4.78 is 16.3. The van der Waals surface area contributed by atoms with Gasteiger partial charge in [-0.25, -0.2) is 4.98 Å². The van der Waals surface area contributed by atoms with Crippen LogP contribution in [0.3, 0.4) is 0 Å². The molecule has 2 saturated heterocycles. The van der Waals surface area contributed by atoms with E-state index in [2.05, 4.69) is 20.2 Å². The van der Waals surface area contributed by atoms with Crippen molar-refractivity contribution in [2.45, 2.75) is 37.1 Å². The number of carbonyl (C=O) groups excluding carboxylic acids is 2. The third-order valence-corrected chi connectivity index (χ3v) is 9.96. The first-order valence-electron chi connectivity index (χ1n) is 15.3. The fourth-order valence-electron chi connectivity index (χ4n) is 6.63. The van der Waals surface area contributed by atoms with Gasteiger partial charge in [0.1, 0.15) is 0 Å². The fraction of sp³-hybridized carbons (Fsp3) is 0.382. The summed E-state index contributed by atoms with van der Waals surface area (Å²) in [6, 6.07) is 16.7. The fourth-order valence-corrected chi connectivity index (χ4v) is 6.92. The highest BCUT2D eigenvalue weighted by molar-refractivity contribution is 6.42. The highest BCUT2D eigenvalue weighted by Crippen LogP contribution is 2.43. The van der Waals surface area contributed by atoms with Crippen LogP contribution in [0.1, 0.15) is 41.6 Å². The maximum absolute atomic E-state index is 14.4. The lowest BCUT2D eigenvalue weighted by Gasteiger charge is -2.35. The molecule has 4 aromatic rings. The third-order valence-electron chi connectivity index (χ3n) is 9.22. The number of fused-ring (bicyclic) bond motifs is 1. The molecule has 10 nitrogen and oxygen atoms in total. The van der Waals surface area contributed by atoms with Crippen LogP contribution in [0.25, 0.3) is 11.0 Å². The monoisotopic (exact) mass is 665 g/mol. The first-order valence-corrected chi connectivity index (χ1v) is 16.1. The average molecular weight is 667 g/mol. The number of hydrogen-bond donors (Lipinski definition) is 2. The number of nitrogens with zero attached hydrogens (tertiary/aromatic N) is 3. The second kappa shape index (κ2) is 13.4. The molecule has 0 spiro atoms. The van der Waals surface area contributed by atoms with Crippen molar-refractivity contribution in [2.24, 2.45) is 0 Å². The van der Waals surface area contributed by atoms with Crippen molar-refractivity contribution < 1.29 is 23.8 Å². The van der Waals surface area contributed by atoms with E-state index in [0.29, 0.717) is 52.7 Å². The van der Waals surface area contributed by atoms with E-state index in [1.807, 2.05) is 30.3 Å². The number of rotatable bonds is 10. The number of hydrogen-bond acceptors (Lipinski definition) is 8. The van der Waals surface area contributed by atoms with Gasteiger partial charge in [-0.1, -0.05) is 41.4 Å². The predicted molar refractivity (Wildman–Crippen MR) is 179 cm³/mol. The lowest BCUT2D eigenvalue weighted by atomic mass is 9.76. The molecule has 0 saturated carbocycles. The summed E-state index contributed by atoms with van der Waals surface area (Å²) in [5, 5.41) is 4.34. The second-order valence-corrected chi connectivity index (χ2v) is 12.6. The molecule has 1 atom stereocenters. The van der Waals surface area contributed by atoms with E-state index in [1.165, 1.54) is 26.2 Å². The van der Waals surface area contributed by atoms with Gasteiger partial charge in [-0.3, -0.25) is 14.5 Å². The van der Waals surface area contributed by atoms with Crippen molar-refractivity contribution in [3.8, 4) is 17.2 Å². The lowest BCUT2D eigenvalue weighted by molar-refractivity contribution is -0.130. The van der Waals surface area contributed by atoms with Gasteiger partial charge in [-0.2, -0.15) is 0 Å². The summed E-state index contributed by atoms with van der Waals surface area (Å²) in [5.74, 6) is 1.15. The van der Waals surface area contributed by atoms with E-state index in [1.54, 1.807) is 24.3 Å². The third kappa shape index (κ3) is 6.09. The van der Waals surface area contributed by atoms with Crippen LogP contribution in [0.4, 0.5) is 5.95 Å². The summed E-state index contributed by atoms with van der Waals surface area (Å²) in [6.45, 7) is 2.70. The number of aromatic nitrogens is 2. The van der Waals surface area contributed by atoms with Crippen molar-refractivity contribution in [1.82, 2.24) is 19.8 Å². The van der Waals surface area contributed by atoms with Crippen LogP contribution < -0.4 is 19.5 Å². The number of likely N-dealkylation sites (tertiary alicyclic amines) is 2. The maximum Gasteiger partial charge on any atom is 0.260 e. The summed E-state index contributed by atoms with van der Waals surface area (Å²) in [6.07, 6.45) is 2.88. The number of ether oxygens (including phenoxy) is 3. The van der Waals surface area contributed by atoms with Gasteiger partial charge < -0.3 is 29.4 Å². The number of amides is 2. The molecule has 0 bridgehead atoms. The quantitative estimate of drug-likeness (QED) is 0.194. The molecule has 0 radical (unpaired) electrons. The van der Waals surface area contributed by atoms with E-state index in [4.69, 9.17) is 37.4 Å². The van der Waals surface area contributed by atoms with Gasteiger partial charge in [0.25, 0.3) is 5.91 Å². The number of piperidine rings is 1. The Morgan fingerprint density at radius 2 is 1.70 bits per heavy atom. The number of benzene rings is 3. The molecule has 2 aliphatic rings. The summed E-state index contributed by atoms with van der Waals surface area (Å²) in [5.41, 5.74) is 2.04. The first kappa shape index (κ1) is 32.0. The molecule has 46 heavy (non-hydrogen) atoms. The number of aromatic amines is 1. The van der Waals surface area contributed by atoms with Crippen LogP contribution in [0.5, 0.6) is 17.2 Å². The Morgan fingerprint density at radius 3 is 2.35 bits per heavy atom. The number of anilines is 1. The Kier molecular flexibility index (Phi) is 9.31. The van der Waals surface area contributed by atoms with E-state index in [-0.39, 0.29) is 18.0 Å². The zero-order chi connectivity index (χ0) is 32.4. The number of nitrogens with one attached hydrogen (secondary N) is 2. The molecular weight excluding hydrogens is 629 g/mol. The molecule has 0 aliphatic carbocycles. The number of para-hydroxylation sites is 2. The number of imidazole rings is 1. The van der Waals surface area contributed by atoms with Crippen LogP contribution >= 0.6 is 23.2 Å².